The van der Waals surface area contributed by atoms with Gasteiger partial charge in [-0.3, -0.25) is 0 Å². The van der Waals surface area contributed by atoms with Gasteiger partial charge in [0.25, 0.3) is 0 Å². The van der Waals surface area contributed by atoms with Crippen molar-refractivity contribution in [2.45, 2.75) is 52.4 Å². The molecule has 0 atom stereocenters. The zero-order valence-electron chi connectivity index (χ0n) is 8.92. The first-order valence-electron chi connectivity index (χ1n) is 5.35. The molecule has 0 aliphatic rings. The minimum atomic E-state index is 0.509. The highest BCUT2D eigenvalue weighted by Gasteiger charge is 1.88. The second-order valence-corrected chi connectivity index (χ2v) is 3.33. The van der Waals surface area contributed by atoms with Crippen LogP contribution >= 0.6 is 0 Å². The number of aliphatic hydroxyl groups is 1. The second-order valence-electron chi connectivity index (χ2n) is 3.33. The van der Waals surface area contributed by atoms with Crippen LogP contribution in [0, 0.1) is 0 Å². The number of hydrogen-bond donors (Lipinski definition) is 1. The van der Waals surface area contributed by atoms with Crippen LogP contribution in [0.4, 0.5) is 0 Å². The van der Waals surface area contributed by atoms with E-state index in [1.54, 1.807) is 0 Å². The van der Waals surface area contributed by atoms with Crippen LogP contribution in [0.2, 0.25) is 0 Å². The molecule has 0 unspecified atom stereocenters. The van der Waals surface area contributed by atoms with Crippen LogP contribution in [-0.2, 0) is 0 Å². The highest BCUT2D eigenvalue weighted by molar-refractivity contribution is 5.06. The summed E-state index contributed by atoms with van der Waals surface area (Å²) in [6, 6.07) is 0. The van der Waals surface area contributed by atoms with Gasteiger partial charge in [0.05, 0.1) is 5.76 Å². The summed E-state index contributed by atoms with van der Waals surface area (Å²) in [5.74, 6) is 0.509. The fourth-order valence-corrected chi connectivity index (χ4v) is 1.04. The molecule has 0 bridgehead atoms. The van der Waals surface area contributed by atoms with Gasteiger partial charge in [-0.15, -0.1) is 0 Å². The normalized spacial score (nSPS) is 12.6. The first kappa shape index (κ1) is 12.3. The van der Waals surface area contributed by atoms with Crippen molar-refractivity contribution in [3.05, 3.63) is 24.0 Å². The van der Waals surface area contributed by atoms with E-state index < -0.39 is 0 Å². The zero-order chi connectivity index (χ0) is 9.94. The quantitative estimate of drug-likeness (QED) is 0.352. The molecule has 0 aliphatic carbocycles. The predicted octanol–water partition coefficient (Wildman–Crippen LogP) is 4.36. The minimum absolute atomic E-state index is 0.509. The molecule has 1 heteroatoms. The maximum absolute atomic E-state index is 9.35. The van der Waals surface area contributed by atoms with E-state index in [9.17, 15) is 5.11 Å². The van der Waals surface area contributed by atoms with Gasteiger partial charge in [-0.05, 0) is 18.9 Å². The predicted molar refractivity (Wildman–Crippen MR) is 58.9 cm³/mol. The Kier molecular flexibility index (Phi) is 8.85. The summed E-state index contributed by atoms with van der Waals surface area (Å²) in [6.07, 6.45) is 12.5. The molecule has 0 rings (SSSR count). The summed E-state index contributed by atoms with van der Waals surface area (Å²) < 4.78 is 0. The molecule has 0 heterocycles. The van der Waals surface area contributed by atoms with Gasteiger partial charge >= 0.3 is 0 Å². The smallest absolute Gasteiger partial charge is 0.0922 e. The Morgan fingerprint density at radius 2 is 1.85 bits per heavy atom. The standard InChI is InChI=1S/C12H22O/c1-3-5-7-8-9-11-12(13)10-6-4-2/h8-9,11,13H,3-7,10H2,1-2H3/b9-8?,12-11-. The van der Waals surface area contributed by atoms with Crippen molar-refractivity contribution in [3.63, 3.8) is 0 Å². The topological polar surface area (TPSA) is 20.2 Å². The van der Waals surface area contributed by atoms with E-state index in [-0.39, 0.29) is 0 Å². The fourth-order valence-electron chi connectivity index (χ4n) is 1.04. The molecule has 0 aromatic carbocycles. The maximum Gasteiger partial charge on any atom is 0.0922 e. The van der Waals surface area contributed by atoms with Crippen LogP contribution in [-0.4, -0.2) is 5.11 Å². The molecule has 1 N–H and O–H groups in total. The molecule has 0 spiro atoms. The molecule has 0 aromatic heterocycles. The van der Waals surface area contributed by atoms with E-state index in [0.717, 1.165) is 25.7 Å². The molecule has 0 aromatic rings. The van der Waals surface area contributed by atoms with Gasteiger partial charge in [0, 0.05) is 6.42 Å². The number of hydrogen-bond acceptors (Lipinski definition) is 1. The van der Waals surface area contributed by atoms with E-state index in [1.165, 1.54) is 12.8 Å². The van der Waals surface area contributed by atoms with Crippen molar-refractivity contribution < 1.29 is 5.11 Å². The monoisotopic (exact) mass is 182 g/mol. The summed E-state index contributed by atoms with van der Waals surface area (Å²) in [5.41, 5.74) is 0. The van der Waals surface area contributed by atoms with E-state index in [0.29, 0.717) is 5.76 Å². The van der Waals surface area contributed by atoms with Gasteiger partial charge in [0.15, 0.2) is 0 Å². The Labute approximate surface area is 82.2 Å². The molecule has 1 nitrogen and oxygen atoms in total. The van der Waals surface area contributed by atoms with Crippen molar-refractivity contribution in [1.29, 1.82) is 0 Å². The Morgan fingerprint density at radius 1 is 1.15 bits per heavy atom. The van der Waals surface area contributed by atoms with Crippen molar-refractivity contribution in [1.82, 2.24) is 0 Å². The summed E-state index contributed by atoms with van der Waals surface area (Å²) >= 11 is 0. The summed E-state index contributed by atoms with van der Waals surface area (Å²) in [5, 5.41) is 9.35. The van der Waals surface area contributed by atoms with E-state index in [4.69, 9.17) is 0 Å². The lowest BCUT2D eigenvalue weighted by Crippen LogP contribution is -1.79. The average molecular weight is 182 g/mol. The molecule has 76 valence electrons. The van der Waals surface area contributed by atoms with E-state index in [1.807, 2.05) is 12.2 Å². The third-order valence-electron chi connectivity index (χ3n) is 1.94. The van der Waals surface area contributed by atoms with Crippen LogP contribution in [0.25, 0.3) is 0 Å². The molecule has 0 radical (unpaired) electrons. The Balaban J connectivity index is 3.50. The molecule has 0 fully saturated rings. The minimum Gasteiger partial charge on any atom is -0.512 e. The van der Waals surface area contributed by atoms with Crippen molar-refractivity contribution in [2.75, 3.05) is 0 Å². The van der Waals surface area contributed by atoms with Gasteiger partial charge in [-0.2, -0.15) is 0 Å². The van der Waals surface area contributed by atoms with E-state index >= 15 is 0 Å². The Morgan fingerprint density at radius 3 is 2.46 bits per heavy atom. The number of rotatable bonds is 7. The summed E-state index contributed by atoms with van der Waals surface area (Å²) in [6.45, 7) is 4.31. The highest BCUT2D eigenvalue weighted by atomic mass is 16.3. The molecular formula is C12H22O. The first-order valence-corrected chi connectivity index (χ1v) is 5.35. The van der Waals surface area contributed by atoms with Crippen LogP contribution < -0.4 is 0 Å². The zero-order valence-corrected chi connectivity index (χ0v) is 8.92. The van der Waals surface area contributed by atoms with Gasteiger partial charge in [-0.1, -0.05) is 45.3 Å². The van der Waals surface area contributed by atoms with Crippen molar-refractivity contribution in [3.8, 4) is 0 Å². The Hall–Kier alpha value is -0.720. The largest absolute Gasteiger partial charge is 0.512 e. The van der Waals surface area contributed by atoms with Crippen LogP contribution in [0.5, 0.6) is 0 Å². The van der Waals surface area contributed by atoms with E-state index in [2.05, 4.69) is 19.9 Å². The number of allylic oxidation sites excluding steroid dienone is 4. The third-order valence-corrected chi connectivity index (χ3v) is 1.94. The lowest BCUT2D eigenvalue weighted by Gasteiger charge is -1.95. The SMILES string of the molecule is CCCCC=C/C=C(\O)CCCC. The number of aliphatic hydroxyl groups excluding tert-OH is 1. The average Bonchev–Trinajstić information content (AvgIpc) is 2.14. The maximum atomic E-state index is 9.35. The third kappa shape index (κ3) is 9.19. The number of unbranched alkanes of at least 4 members (excludes halogenated alkanes) is 3. The van der Waals surface area contributed by atoms with Crippen molar-refractivity contribution in [2.24, 2.45) is 0 Å². The van der Waals surface area contributed by atoms with Gasteiger partial charge in [0.2, 0.25) is 0 Å². The molecule has 0 aliphatic heterocycles. The van der Waals surface area contributed by atoms with Crippen LogP contribution in [0.15, 0.2) is 24.0 Å². The van der Waals surface area contributed by atoms with Gasteiger partial charge in [-0.25, -0.2) is 0 Å². The van der Waals surface area contributed by atoms with Crippen LogP contribution in [0.1, 0.15) is 52.4 Å². The fraction of sp³-hybridized carbons (Fsp3) is 0.667. The summed E-state index contributed by atoms with van der Waals surface area (Å²) in [7, 11) is 0. The molecule has 0 saturated carbocycles. The van der Waals surface area contributed by atoms with Gasteiger partial charge < -0.3 is 5.11 Å². The summed E-state index contributed by atoms with van der Waals surface area (Å²) in [4.78, 5) is 0. The lowest BCUT2D eigenvalue weighted by molar-refractivity contribution is 0.383. The molecular weight excluding hydrogens is 160 g/mol. The van der Waals surface area contributed by atoms with Crippen molar-refractivity contribution >= 4 is 0 Å². The second kappa shape index (κ2) is 9.37. The molecule has 0 amide bonds. The molecule has 13 heavy (non-hydrogen) atoms. The highest BCUT2D eigenvalue weighted by Crippen LogP contribution is 2.04. The molecule has 0 saturated heterocycles. The lowest BCUT2D eigenvalue weighted by atomic mass is 10.2. The van der Waals surface area contributed by atoms with Crippen LogP contribution in [0.3, 0.4) is 0 Å². The first-order chi connectivity index (χ1) is 6.31. The van der Waals surface area contributed by atoms with Gasteiger partial charge in [0.1, 0.15) is 0 Å². The Bertz CT molecular complexity index is 157.